The number of piperazine rings is 1. The normalized spacial score (nSPS) is 16.0. The van der Waals surface area contributed by atoms with Gasteiger partial charge >= 0.3 is 0 Å². The molecule has 0 aliphatic carbocycles. The highest BCUT2D eigenvalue weighted by atomic mass is 35.5. The first-order valence-electron chi connectivity index (χ1n) is 8.45. The predicted molar refractivity (Wildman–Crippen MR) is 100 cm³/mol. The second kappa shape index (κ2) is 8.22. The van der Waals surface area contributed by atoms with Gasteiger partial charge in [0, 0.05) is 36.8 Å². The monoisotopic (exact) mass is 369 g/mol. The highest BCUT2D eigenvalue weighted by Gasteiger charge is 2.27. The van der Waals surface area contributed by atoms with Crippen molar-refractivity contribution in [1.29, 1.82) is 5.26 Å². The summed E-state index contributed by atoms with van der Waals surface area (Å²) < 4.78 is 5.19. The van der Waals surface area contributed by atoms with Crippen molar-refractivity contribution in [2.45, 2.75) is 6.04 Å². The molecule has 134 valence electrons. The van der Waals surface area contributed by atoms with Crippen LogP contribution in [0.15, 0.2) is 48.5 Å². The topological polar surface area (TPSA) is 56.6 Å². The number of halogens is 1. The molecule has 3 rings (SSSR count). The molecule has 2 aromatic rings. The van der Waals surface area contributed by atoms with Crippen LogP contribution in [0.2, 0.25) is 5.02 Å². The van der Waals surface area contributed by atoms with Crippen molar-refractivity contribution in [3.8, 4) is 11.8 Å². The van der Waals surface area contributed by atoms with Crippen LogP contribution in [0.1, 0.15) is 22.0 Å². The van der Waals surface area contributed by atoms with Gasteiger partial charge in [-0.2, -0.15) is 5.26 Å². The van der Waals surface area contributed by atoms with Gasteiger partial charge < -0.3 is 9.64 Å². The van der Waals surface area contributed by atoms with E-state index in [4.69, 9.17) is 16.3 Å². The van der Waals surface area contributed by atoms with E-state index in [-0.39, 0.29) is 11.9 Å². The second-order valence-corrected chi connectivity index (χ2v) is 6.58. The lowest BCUT2D eigenvalue weighted by Gasteiger charge is -2.37. The number of nitrogens with zero attached hydrogens (tertiary/aromatic N) is 3. The highest BCUT2D eigenvalue weighted by molar-refractivity contribution is 6.30. The second-order valence-electron chi connectivity index (χ2n) is 6.14. The standard InChI is InChI=1S/C20H20ClN3O2/c1-26-18-4-2-3-16(13-18)20(25)24-11-9-23(10-12-24)19(14-22)15-5-7-17(21)8-6-15/h2-8,13,19H,9-12H2,1H3. The SMILES string of the molecule is COc1cccc(C(=O)N2CCN(C(C#N)c3ccc(Cl)cc3)CC2)c1. The molecule has 26 heavy (non-hydrogen) atoms. The molecule has 0 spiro atoms. The van der Waals surface area contributed by atoms with Crippen LogP contribution in [0.3, 0.4) is 0 Å². The molecule has 1 saturated heterocycles. The van der Waals surface area contributed by atoms with Gasteiger partial charge in [0.1, 0.15) is 11.8 Å². The Hall–Kier alpha value is -2.55. The van der Waals surface area contributed by atoms with E-state index >= 15 is 0 Å². The molecule has 1 fully saturated rings. The molecule has 1 amide bonds. The number of ether oxygens (including phenoxy) is 1. The van der Waals surface area contributed by atoms with Crippen molar-refractivity contribution in [2.24, 2.45) is 0 Å². The molecule has 0 bridgehead atoms. The third kappa shape index (κ3) is 3.98. The number of rotatable bonds is 4. The minimum Gasteiger partial charge on any atom is -0.497 e. The first-order valence-corrected chi connectivity index (χ1v) is 8.82. The zero-order chi connectivity index (χ0) is 18.5. The lowest BCUT2D eigenvalue weighted by molar-refractivity contribution is 0.0606. The molecule has 1 aliphatic rings. The van der Waals surface area contributed by atoms with Crippen molar-refractivity contribution < 1.29 is 9.53 Å². The summed E-state index contributed by atoms with van der Waals surface area (Å²) >= 11 is 5.93. The largest absolute Gasteiger partial charge is 0.497 e. The van der Waals surface area contributed by atoms with E-state index in [0.29, 0.717) is 42.5 Å². The minimum absolute atomic E-state index is 0.0106. The van der Waals surface area contributed by atoms with E-state index < -0.39 is 0 Å². The Balaban J connectivity index is 1.65. The van der Waals surface area contributed by atoms with Gasteiger partial charge in [0.2, 0.25) is 0 Å². The van der Waals surface area contributed by atoms with Gasteiger partial charge in [0.15, 0.2) is 0 Å². The molecule has 6 heteroatoms. The van der Waals surface area contributed by atoms with E-state index in [1.54, 1.807) is 31.4 Å². The Bertz CT molecular complexity index is 809. The molecular formula is C20H20ClN3O2. The summed E-state index contributed by atoms with van der Waals surface area (Å²) in [5, 5.41) is 10.2. The number of nitriles is 1. The summed E-state index contributed by atoms with van der Waals surface area (Å²) in [6.45, 7) is 2.47. The van der Waals surface area contributed by atoms with E-state index in [0.717, 1.165) is 5.56 Å². The van der Waals surface area contributed by atoms with E-state index in [9.17, 15) is 10.1 Å². The third-order valence-electron chi connectivity index (χ3n) is 4.59. The van der Waals surface area contributed by atoms with Crippen molar-refractivity contribution in [1.82, 2.24) is 9.80 Å². The van der Waals surface area contributed by atoms with Gasteiger partial charge in [0.25, 0.3) is 5.91 Å². The number of carbonyl (C=O) groups is 1. The minimum atomic E-state index is -0.332. The molecule has 1 atom stereocenters. The maximum absolute atomic E-state index is 12.7. The fraction of sp³-hybridized carbons (Fsp3) is 0.300. The van der Waals surface area contributed by atoms with Gasteiger partial charge in [-0.15, -0.1) is 0 Å². The number of hydrogen-bond acceptors (Lipinski definition) is 4. The average molecular weight is 370 g/mol. The summed E-state index contributed by atoms with van der Waals surface area (Å²) in [7, 11) is 1.58. The van der Waals surface area contributed by atoms with Crippen LogP contribution in [0, 0.1) is 11.3 Å². The van der Waals surface area contributed by atoms with Gasteiger partial charge in [-0.3, -0.25) is 9.69 Å². The first kappa shape index (κ1) is 18.2. The first-order chi connectivity index (χ1) is 12.6. The van der Waals surface area contributed by atoms with Crippen LogP contribution in [0.5, 0.6) is 5.75 Å². The average Bonchev–Trinajstić information content (AvgIpc) is 2.70. The molecule has 2 aromatic carbocycles. The predicted octanol–water partition coefficient (Wildman–Crippen LogP) is 3.37. The quantitative estimate of drug-likeness (QED) is 0.829. The molecule has 1 heterocycles. The Labute approximate surface area is 158 Å². The number of amides is 1. The summed E-state index contributed by atoms with van der Waals surface area (Å²) in [6.07, 6.45) is 0. The fourth-order valence-electron chi connectivity index (χ4n) is 3.13. The maximum atomic E-state index is 12.7. The summed E-state index contributed by atoms with van der Waals surface area (Å²) in [4.78, 5) is 16.6. The van der Waals surface area contributed by atoms with E-state index in [2.05, 4.69) is 11.0 Å². The third-order valence-corrected chi connectivity index (χ3v) is 4.84. The molecule has 0 N–H and O–H groups in total. The molecule has 0 radical (unpaired) electrons. The zero-order valence-electron chi connectivity index (χ0n) is 14.6. The maximum Gasteiger partial charge on any atom is 0.254 e. The Morgan fingerprint density at radius 2 is 1.85 bits per heavy atom. The van der Waals surface area contributed by atoms with E-state index in [1.165, 1.54) is 0 Å². The Morgan fingerprint density at radius 1 is 1.15 bits per heavy atom. The van der Waals surface area contributed by atoms with Crippen LogP contribution in [0.4, 0.5) is 0 Å². The van der Waals surface area contributed by atoms with Crippen LogP contribution in [0.25, 0.3) is 0 Å². The molecule has 0 saturated carbocycles. The number of methoxy groups -OCH3 is 1. The highest BCUT2D eigenvalue weighted by Crippen LogP contribution is 2.24. The summed E-state index contributed by atoms with van der Waals surface area (Å²) in [5.41, 5.74) is 1.54. The smallest absolute Gasteiger partial charge is 0.254 e. The number of hydrogen-bond donors (Lipinski definition) is 0. The lowest BCUT2D eigenvalue weighted by Crippen LogP contribution is -2.49. The molecule has 5 nitrogen and oxygen atoms in total. The number of carbonyl (C=O) groups excluding carboxylic acids is 1. The van der Waals surface area contributed by atoms with Crippen LogP contribution in [-0.2, 0) is 0 Å². The van der Waals surface area contributed by atoms with Crippen molar-refractivity contribution >= 4 is 17.5 Å². The number of benzene rings is 2. The van der Waals surface area contributed by atoms with Crippen LogP contribution in [-0.4, -0.2) is 49.0 Å². The van der Waals surface area contributed by atoms with Crippen molar-refractivity contribution in [2.75, 3.05) is 33.3 Å². The molecule has 1 aliphatic heterocycles. The van der Waals surface area contributed by atoms with Crippen LogP contribution >= 0.6 is 11.6 Å². The van der Waals surface area contributed by atoms with Gasteiger partial charge in [0.05, 0.1) is 13.2 Å². The Morgan fingerprint density at radius 3 is 2.46 bits per heavy atom. The zero-order valence-corrected chi connectivity index (χ0v) is 15.3. The Kier molecular flexibility index (Phi) is 5.77. The molecular weight excluding hydrogens is 350 g/mol. The van der Waals surface area contributed by atoms with E-state index in [1.807, 2.05) is 29.2 Å². The van der Waals surface area contributed by atoms with Gasteiger partial charge in [-0.25, -0.2) is 0 Å². The van der Waals surface area contributed by atoms with Crippen molar-refractivity contribution in [3.05, 3.63) is 64.7 Å². The van der Waals surface area contributed by atoms with Crippen LogP contribution < -0.4 is 4.74 Å². The molecule has 1 unspecified atom stereocenters. The molecule has 0 aromatic heterocycles. The van der Waals surface area contributed by atoms with Gasteiger partial charge in [-0.1, -0.05) is 29.8 Å². The fourth-order valence-corrected chi connectivity index (χ4v) is 3.26. The summed E-state index contributed by atoms with van der Waals surface area (Å²) in [5.74, 6) is 0.658. The van der Waals surface area contributed by atoms with Gasteiger partial charge in [-0.05, 0) is 35.9 Å². The summed E-state index contributed by atoms with van der Waals surface area (Å²) in [6, 6.07) is 16.6. The lowest BCUT2D eigenvalue weighted by atomic mass is 10.1. The van der Waals surface area contributed by atoms with Crippen molar-refractivity contribution in [3.63, 3.8) is 0 Å².